The van der Waals surface area contributed by atoms with Crippen molar-refractivity contribution in [1.29, 1.82) is 0 Å². The van der Waals surface area contributed by atoms with E-state index in [1.54, 1.807) is 23.9 Å². The van der Waals surface area contributed by atoms with Crippen LogP contribution in [0.4, 0.5) is 16.3 Å². The number of fused-ring (bicyclic) bond motifs is 1. The van der Waals surface area contributed by atoms with Gasteiger partial charge in [-0.2, -0.15) is 9.61 Å². The number of rotatable bonds is 9. The van der Waals surface area contributed by atoms with Crippen LogP contribution in [-0.4, -0.2) is 40.8 Å². The van der Waals surface area contributed by atoms with Gasteiger partial charge in [0.25, 0.3) is 0 Å². The summed E-state index contributed by atoms with van der Waals surface area (Å²) < 4.78 is 7.78. The minimum atomic E-state index is -0.241. The Bertz CT molecular complexity index is 1230. The molecule has 2 heterocycles. The van der Waals surface area contributed by atoms with E-state index in [-0.39, 0.29) is 11.9 Å². The van der Waals surface area contributed by atoms with Crippen LogP contribution in [0.1, 0.15) is 30.9 Å². The molecule has 4 rings (SSSR count). The van der Waals surface area contributed by atoms with Crippen LogP contribution in [0.5, 0.6) is 5.75 Å². The molecule has 0 saturated heterocycles. The van der Waals surface area contributed by atoms with Crippen molar-refractivity contribution in [3.63, 3.8) is 0 Å². The highest BCUT2D eigenvalue weighted by Crippen LogP contribution is 2.34. The fraction of sp³-hybridized carbons (Fsp3) is 0.292. The standard InChI is InChI=1S/C24H26BrClN6O2/c1-34-17-8-6-7-16(13-17)30-24(33)28-12-5-4-11-27-22-14-21(18-9-2-3-10-20(18)26)31-23-19(25)15-29-32(22)23/h2-3,6-8,10,13-15,18,27H,4-5,9,11-12H2,1H3,(H2,28,30,33). The molecule has 1 atom stereocenters. The quantitative estimate of drug-likeness (QED) is 0.301. The summed E-state index contributed by atoms with van der Waals surface area (Å²) in [6.07, 6.45) is 10.2. The summed E-state index contributed by atoms with van der Waals surface area (Å²) in [6, 6.07) is 9.01. The molecule has 0 saturated carbocycles. The minimum Gasteiger partial charge on any atom is -0.497 e. The molecule has 0 spiro atoms. The maximum atomic E-state index is 12.1. The molecular weight excluding hydrogens is 520 g/mol. The lowest BCUT2D eigenvalue weighted by atomic mass is 9.96. The molecule has 0 aliphatic heterocycles. The van der Waals surface area contributed by atoms with Gasteiger partial charge in [-0.1, -0.05) is 29.8 Å². The molecule has 2 amide bonds. The first kappa shape index (κ1) is 24.1. The maximum Gasteiger partial charge on any atom is 0.319 e. The molecule has 1 aliphatic rings. The molecule has 0 radical (unpaired) electrons. The fourth-order valence-electron chi connectivity index (χ4n) is 3.67. The fourth-order valence-corrected chi connectivity index (χ4v) is 4.29. The van der Waals surface area contributed by atoms with E-state index >= 15 is 0 Å². The second-order valence-electron chi connectivity index (χ2n) is 7.81. The highest BCUT2D eigenvalue weighted by Gasteiger charge is 2.20. The van der Waals surface area contributed by atoms with Gasteiger partial charge >= 0.3 is 6.03 Å². The van der Waals surface area contributed by atoms with Gasteiger partial charge in [0.05, 0.1) is 23.5 Å². The second kappa shape index (κ2) is 11.4. The number of hydrogen-bond donors (Lipinski definition) is 3. The van der Waals surface area contributed by atoms with Gasteiger partial charge in [0.1, 0.15) is 11.6 Å². The first-order valence-corrected chi connectivity index (χ1v) is 12.2. The van der Waals surface area contributed by atoms with Gasteiger partial charge in [-0.3, -0.25) is 0 Å². The normalized spacial score (nSPS) is 15.1. The molecular formula is C24H26BrClN6O2. The van der Waals surface area contributed by atoms with Crippen molar-refractivity contribution in [3.8, 4) is 5.75 Å². The number of carbonyl (C=O) groups excluding carboxylic acids is 1. The van der Waals surface area contributed by atoms with E-state index in [0.29, 0.717) is 18.0 Å². The number of unbranched alkanes of at least 4 members (excludes halogenated alkanes) is 1. The predicted octanol–water partition coefficient (Wildman–Crippen LogP) is 5.68. The van der Waals surface area contributed by atoms with Crippen molar-refractivity contribution in [2.24, 2.45) is 0 Å². The van der Waals surface area contributed by atoms with Gasteiger partial charge in [-0.25, -0.2) is 9.78 Å². The summed E-state index contributed by atoms with van der Waals surface area (Å²) in [4.78, 5) is 16.9. The van der Waals surface area contributed by atoms with Crippen molar-refractivity contribution in [2.75, 3.05) is 30.8 Å². The molecule has 34 heavy (non-hydrogen) atoms. The van der Waals surface area contributed by atoms with Gasteiger partial charge in [-0.05, 0) is 53.4 Å². The van der Waals surface area contributed by atoms with E-state index in [1.165, 1.54) is 0 Å². The largest absolute Gasteiger partial charge is 0.497 e. The summed E-state index contributed by atoms with van der Waals surface area (Å²) in [7, 11) is 1.59. The number of anilines is 2. The molecule has 1 aromatic carbocycles. The molecule has 3 N–H and O–H groups in total. The third-order valence-corrected chi connectivity index (χ3v) is 6.37. The molecule has 0 bridgehead atoms. The van der Waals surface area contributed by atoms with Crippen LogP contribution >= 0.6 is 27.5 Å². The average molecular weight is 546 g/mol. The minimum absolute atomic E-state index is 0.0336. The number of allylic oxidation sites excluding steroid dienone is 4. The zero-order chi connectivity index (χ0) is 23.9. The van der Waals surface area contributed by atoms with E-state index in [4.69, 9.17) is 21.3 Å². The Hall–Kier alpha value is -3.04. The number of halogens is 2. The monoisotopic (exact) mass is 544 g/mol. The highest BCUT2D eigenvalue weighted by molar-refractivity contribution is 9.10. The van der Waals surface area contributed by atoms with E-state index in [2.05, 4.69) is 43.1 Å². The van der Waals surface area contributed by atoms with Crippen LogP contribution in [0.3, 0.4) is 0 Å². The summed E-state index contributed by atoms with van der Waals surface area (Å²) in [6.45, 7) is 1.29. The molecule has 0 fully saturated rings. The topological polar surface area (TPSA) is 92.6 Å². The Balaban J connectivity index is 1.28. The lowest BCUT2D eigenvalue weighted by molar-refractivity contribution is 0.252. The van der Waals surface area contributed by atoms with Crippen LogP contribution in [-0.2, 0) is 0 Å². The van der Waals surface area contributed by atoms with Gasteiger partial charge in [0.2, 0.25) is 0 Å². The van der Waals surface area contributed by atoms with E-state index < -0.39 is 0 Å². The zero-order valence-corrected chi connectivity index (χ0v) is 21.1. The van der Waals surface area contributed by atoms with Crippen LogP contribution in [0.2, 0.25) is 0 Å². The van der Waals surface area contributed by atoms with Gasteiger partial charge in [-0.15, -0.1) is 0 Å². The van der Waals surface area contributed by atoms with Crippen molar-refractivity contribution in [3.05, 3.63) is 70.0 Å². The zero-order valence-electron chi connectivity index (χ0n) is 18.7. The summed E-state index contributed by atoms with van der Waals surface area (Å²) in [5, 5.41) is 14.3. The Morgan fingerprint density at radius 1 is 1.29 bits per heavy atom. The van der Waals surface area contributed by atoms with Crippen molar-refractivity contribution in [2.45, 2.75) is 25.2 Å². The molecule has 10 heteroatoms. The third kappa shape index (κ3) is 5.90. The lowest BCUT2D eigenvalue weighted by Gasteiger charge is -2.18. The number of ether oxygens (including phenoxy) is 1. The lowest BCUT2D eigenvalue weighted by Crippen LogP contribution is -2.29. The number of nitrogens with one attached hydrogen (secondary N) is 3. The van der Waals surface area contributed by atoms with E-state index in [0.717, 1.165) is 52.5 Å². The van der Waals surface area contributed by atoms with Crippen LogP contribution in [0.15, 0.2) is 64.3 Å². The number of hydrogen-bond acceptors (Lipinski definition) is 5. The number of urea groups is 1. The summed E-state index contributed by atoms with van der Waals surface area (Å²) in [5.74, 6) is 1.58. The molecule has 1 aliphatic carbocycles. The van der Waals surface area contributed by atoms with Crippen LogP contribution in [0.25, 0.3) is 5.65 Å². The van der Waals surface area contributed by atoms with E-state index in [1.807, 2.05) is 36.4 Å². The average Bonchev–Trinajstić information content (AvgIpc) is 3.22. The summed E-state index contributed by atoms with van der Waals surface area (Å²) >= 11 is 9.99. The Labute approximate surface area is 211 Å². The number of carbonyl (C=O) groups is 1. The van der Waals surface area contributed by atoms with Crippen LogP contribution in [0, 0.1) is 0 Å². The van der Waals surface area contributed by atoms with Crippen molar-refractivity contribution < 1.29 is 9.53 Å². The van der Waals surface area contributed by atoms with Crippen LogP contribution < -0.4 is 20.7 Å². The third-order valence-electron chi connectivity index (χ3n) is 5.42. The molecule has 3 aromatic rings. The maximum absolute atomic E-state index is 12.1. The first-order chi connectivity index (χ1) is 16.5. The van der Waals surface area contributed by atoms with Crippen molar-refractivity contribution >= 4 is 50.7 Å². The molecule has 178 valence electrons. The number of benzene rings is 1. The number of methoxy groups -OCH3 is 1. The van der Waals surface area contributed by atoms with Crippen molar-refractivity contribution in [1.82, 2.24) is 19.9 Å². The first-order valence-electron chi connectivity index (χ1n) is 11.0. The number of aromatic nitrogens is 3. The number of amides is 2. The smallest absolute Gasteiger partial charge is 0.319 e. The predicted molar refractivity (Wildman–Crippen MR) is 139 cm³/mol. The Morgan fingerprint density at radius 2 is 2.15 bits per heavy atom. The SMILES string of the molecule is COc1cccc(NC(=O)NCCCCNc2cc(C3CC=CC=C3Cl)nc3c(Br)cnn23)c1. The Kier molecular flexibility index (Phi) is 8.08. The molecule has 2 aromatic heterocycles. The molecule has 8 nitrogen and oxygen atoms in total. The second-order valence-corrected chi connectivity index (χ2v) is 9.10. The Morgan fingerprint density at radius 3 is 2.97 bits per heavy atom. The number of nitrogens with zero attached hydrogens (tertiary/aromatic N) is 3. The van der Waals surface area contributed by atoms with Gasteiger partial charge in [0.15, 0.2) is 5.65 Å². The van der Waals surface area contributed by atoms with Gasteiger partial charge < -0.3 is 20.7 Å². The van der Waals surface area contributed by atoms with E-state index in [9.17, 15) is 4.79 Å². The highest BCUT2D eigenvalue weighted by atomic mass is 79.9. The molecule has 1 unspecified atom stereocenters. The van der Waals surface area contributed by atoms with Gasteiger partial charge in [0, 0.05) is 41.9 Å². The summed E-state index contributed by atoms with van der Waals surface area (Å²) in [5.41, 5.74) is 2.33.